The zero-order valence-corrected chi connectivity index (χ0v) is 5.34. The molecule has 0 saturated carbocycles. The number of hydrogen-bond donors (Lipinski definition) is 4. The highest BCUT2D eigenvalue weighted by Crippen LogP contribution is 1.92. The van der Waals surface area contributed by atoms with Crippen LogP contribution in [0.4, 0.5) is 0 Å². The van der Waals surface area contributed by atoms with Crippen molar-refractivity contribution in [3.8, 4) is 0 Å². The van der Waals surface area contributed by atoms with E-state index in [-0.39, 0.29) is 8.41 Å². The Morgan fingerprint density at radius 3 is 1.18 bits per heavy atom. The summed E-state index contributed by atoms with van der Waals surface area (Å²) in [6.45, 7) is 0. The number of carbonyl (C=O) groups is 2. The lowest BCUT2D eigenvalue weighted by atomic mass is 10.2. The van der Waals surface area contributed by atoms with Gasteiger partial charge < -0.3 is 20.4 Å². The molecule has 3 radical (unpaired) electrons. The van der Waals surface area contributed by atoms with Gasteiger partial charge in [0.1, 0.15) is 0 Å². The molecule has 0 fully saturated rings. The van der Waals surface area contributed by atoms with Crippen molar-refractivity contribution in [1.82, 2.24) is 0 Å². The minimum atomic E-state index is -2.27. The second-order valence-electron chi connectivity index (χ2n) is 1.57. The smallest absolute Gasteiger partial charge is 0.335 e. The molecular formula is C4H6BO6. The Morgan fingerprint density at radius 1 is 0.909 bits per heavy atom. The molecule has 11 heavy (non-hydrogen) atoms. The van der Waals surface area contributed by atoms with Gasteiger partial charge in [0, 0.05) is 8.41 Å². The van der Waals surface area contributed by atoms with E-state index < -0.39 is 24.1 Å². The zero-order chi connectivity index (χ0) is 8.31. The summed E-state index contributed by atoms with van der Waals surface area (Å²) in [4.78, 5) is 19.5. The van der Waals surface area contributed by atoms with Crippen molar-refractivity contribution in [1.29, 1.82) is 0 Å². The molecule has 2 atom stereocenters. The van der Waals surface area contributed by atoms with Crippen LogP contribution in [0.2, 0.25) is 0 Å². The normalized spacial score (nSPS) is 14.4. The molecule has 7 heteroatoms. The van der Waals surface area contributed by atoms with Crippen molar-refractivity contribution >= 4 is 20.4 Å². The maximum Gasteiger partial charge on any atom is 0.335 e. The summed E-state index contributed by atoms with van der Waals surface area (Å²) in [5, 5.41) is 32.5. The molecule has 0 rings (SSSR count). The van der Waals surface area contributed by atoms with Crippen LogP contribution in [0.15, 0.2) is 0 Å². The van der Waals surface area contributed by atoms with E-state index in [9.17, 15) is 9.59 Å². The average molecular weight is 161 g/mol. The van der Waals surface area contributed by atoms with Crippen molar-refractivity contribution < 1.29 is 30.0 Å². The molecule has 0 heterocycles. The van der Waals surface area contributed by atoms with Crippen LogP contribution in [0.3, 0.4) is 0 Å². The highest BCUT2D eigenvalue weighted by atomic mass is 16.4. The van der Waals surface area contributed by atoms with E-state index in [0.29, 0.717) is 0 Å². The molecule has 0 aliphatic rings. The minimum absolute atomic E-state index is 0. The molecule has 4 N–H and O–H groups in total. The van der Waals surface area contributed by atoms with E-state index in [2.05, 4.69) is 0 Å². The van der Waals surface area contributed by atoms with Gasteiger partial charge in [0.2, 0.25) is 0 Å². The predicted octanol–water partition coefficient (Wildman–Crippen LogP) is -2.50. The fraction of sp³-hybridized carbons (Fsp3) is 0.500. The Morgan fingerprint density at radius 2 is 1.09 bits per heavy atom. The van der Waals surface area contributed by atoms with Gasteiger partial charge in [0.05, 0.1) is 0 Å². The van der Waals surface area contributed by atoms with Crippen LogP contribution in [0.5, 0.6) is 0 Å². The minimum Gasteiger partial charge on any atom is -0.479 e. The van der Waals surface area contributed by atoms with E-state index in [0.717, 1.165) is 0 Å². The van der Waals surface area contributed by atoms with Crippen molar-refractivity contribution in [2.24, 2.45) is 0 Å². The summed E-state index contributed by atoms with van der Waals surface area (Å²) in [5.41, 5.74) is 0. The molecule has 0 spiro atoms. The molecule has 0 aliphatic heterocycles. The van der Waals surface area contributed by atoms with Crippen LogP contribution in [-0.4, -0.2) is 53.0 Å². The molecule has 0 aromatic heterocycles. The molecule has 0 aromatic carbocycles. The summed E-state index contributed by atoms with van der Waals surface area (Å²) < 4.78 is 0. The van der Waals surface area contributed by atoms with Gasteiger partial charge in [0.15, 0.2) is 12.2 Å². The van der Waals surface area contributed by atoms with Crippen molar-refractivity contribution in [2.75, 3.05) is 0 Å². The molecule has 61 valence electrons. The Labute approximate surface area is 63.7 Å². The lowest BCUT2D eigenvalue weighted by Crippen LogP contribution is -2.39. The Hall–Kier alpha value is -1.08. The van der Waals surface area contributed by atoms with Gasteiger partial charge in [-0.15, -0.1) is 0 Å². The first-order valence-electron chi connectivity index (χ1n) is 2.28. The van der Waals surface area contributed by atoms with Gasteiger partial charge in [-0.25, -0.2) is 9.59 Å². The largest absolute Gasteiger partial charge is 0.479 e. The zero-order valence-electron chi connectivity index (χ0n) is 5.34. The summed E-state index contributed by atoms with van der Waals surface area (Å²) in [6, 6.07) is 0. The molecule has 0 amide bonds. The lowest BCUT2D eigenvalue weighted by Gasteiger charge is -2.07. The number of hydrogen-bond acceptors (Lipinski definition) is 4. The van der Waals surface area contributed by atoms with Crippen LogP contribution in [0, 0.1) is 0 Å². The van der Waals surface area contributed by atoms with E-state index in [4.69, 9.17) is 20.4 Å². The predicted molar refractivity (Wildman–Crippen MR) is 33.0 cm³/mol. The monoisotopic (exact) mass is 161 g/mol. The number of aliphatic hydroxyl groups is 2. The van der Waals surface area contributed by atoms with Crippen LogP contribution in [0.25, 0.3) is 0 Å². The highest BCUT2D eigenvalue weighted by Gasteiger charge is 2.29. The van der Waals surface area contributed by atoms with Gasteiger partial charge >= 0.3 is 11.9 Å². The van der Waals surface area contributed by atoms with E-state index in [1.54, 1.807) is 0 Å². The first kappa shape index (κ1) is 12.6. The molecule has 6 nitrogen and oxygen atoms in total. The molecule has 0 aromatic rings. The molecule has 0 saturated heterocycles. The summed E-state index contributed by atoms with van der Waals surface area (Å²) in [6.07, 6.45) is -4.53. The van der Waals surface area contributed by atoms with Crippen LogP contribution in [-0.2, 0) is 9.59 Å². The molecule has 0 aliphatic carbocycles. The van der Waals surface area contributed by atoms with Gasteiger partial charge in [-0.2, -0.15) is 0 Å². The van der Waals surface area contributed by atoms with Crippen LogP contribution >= 0.6 is 0 Å². The number of aliphatic hydroxyl groups excluding tert-OH is 2. The first-order chi connectivity index (χ1) is 4.46. The van der Waals surface area contributed by atoms with Crippen LogP contribution in [0.1, 0.15) is 0 Å². The third-order valence-electron chi connectivity index (χ3n) is 0.805. The second kappa shape index (κ2) is 4.70. The van der Waals surface area contributed by atoms with E-state index in [1.165, 1.54) is 0 Å². The SMILES string of the molecule is O=C(O)C(O)C(O)C(=O)O.[B]. The third kappa shape index (κ3) is 3.59. The number of carboxylic acids is 2. The maximum atomic E-state index is 9.77. The molecular weight excluding hydrogens is 155 g/mol. The van der Waals surface area contributed by atoms with Crippen LogP contribution < -0.4 is 0 Å². The topological polar surface area (TPSA) is 115 Å². The number of aliphatic carboxylic acids is 2. The molecule has 0 bridgehead atoms. The Kier molecular flexibility index (Phi) is 5.37. The van der Waals surface area contributed by atoms with Gasteiger partial charge in [-0.3, -0.25) is 0 Å². The fourth-order valence-corrected chi connectivity index (χ4v) is 0.270. The fourth-order valence-electron chi connectivity index (χ4n) is 0.270. The first-order valence-corrected chi connectivity index (χ1v) is 2.28. The lowest BCUT2D eigenvalue weighted by molar-refractivity contribution is -0.165. The summed E-state index contributed by atoms with van der Waals surface area (Å²) in [5.74, 6) is -3.54. The van der Waals surface area contributed by atoms with Crippen molar-refractivity contribution in [3.05, 3.63) is 0 Å². The Bertz CT molecular complexity index is 139. The van der Waals surface area contributed by atoms with Gasteiger partial charge in [-0.05, 0) is 0 Å². The standard InChI is InChI=1S/C4H6O6.B/c5-1(3(7)8)2(6)4(9)10;/h1-2,5-6H,(H,7,8)(H,9,10);. The highest BCUT2D eigenvalue weighted by molar-refractivity contribution is 5.83. The number of rotatable bonds is 3. The molecule has 2 unspecified atom stereocenters. The number of carboxylic acid groups (broad SMARTS) is 2. The van der Waals surface area contributed by atoms with E-state index >= 15 is 0 Å². The third-order valence-corrected chi connectivity index (χ3v) is 0.805. The quantitative estimate of drug-likeness (QED) is 0.340. The Balaban J connectivity index is 0. The summed E-state index contributed by atoms with van der Waals surface area (Å²) in [7, 11) is 0. The second-order valence-corrected chi connectivity index (χ2v) is 1.57. The van der Waals surface area contributed by atoms with E-state index in [1.807, 2.05) is 0 Å². The maximum absolute atomic E-state index is 9.77. The van der Waals surface area contributed by atoms with Gasteiger partial charge in [0.25, 0.3) is 0 Å². The average Bonchev–Trinajstić information content (AvgIpc) is 1.84. The van der Waals surface area contributed by atoms with Crippen molar-refractivity contribution in [2.45, 2.75) is 12.2 Å². The van der Waals surface area contributed by atoms with Gasteiger partial charge in [-0.1, -0.05) is 0 Å². The van der Waals surface area contributed by atoms with Crippen molar-refractivity contribution in [3.63, 3.8) is 0 Å². The summed E-state index contributed by atoms with van der Waals surface area (Å²) >= 11 is 0.